The third-order valence-electron chi connectivity index (χ3n) is 2.65. The molecule has 1 saturated heterocycles. The molecule has 1 aliphatic heterocycles. The van der Waals surface area contributed by atoms with E-state index in [9.17, 15) is 4.79 Å². The summed E-state index contributed by atoms with van der Waals surface area (Å²) in [4.78, 5) is 11.3. The van der Waals surface area contributed by atoms with Crippen LogP contribution in [0.5, 0.6) is 0 Å². The van der Waals surface area contributed by atoms with Crippen LogP contribution in [-0.4, -0.2) is 25.0 Å². The van der Waals surface area contributed by atoms with Gasteiger partial charge in [0.2, 0.25) is 5.91 Å². The summed E-state index contributed by atoms with van der Waals surface area (Å²) in [5.41, 5.74) is 1.35. The van der Waals surface area contributed by atoms with Gasteiger partial charge in [-0.25, -0.2) is 0 Å². The highest BCUT2D eigenvalue weighted by molar-refractivity contribution is 5.88. The zero-order valence-electron chi connectivity index (χ0n) is 9.89. The van der Waals surface area contributed by atoms with Gasteiger partial charge in [0.1, 0.15) is 0 Å². The normalized spacial score (nSPS) is 22.0. The van der Waals surface area contributed by atoms with Crippen LogP contribution in [-0.2, 0) is 4.79 Å². The second-order valence-electron chi connectivity index (χ2n) is 4.89. The first-order chi connectivity index (χ1) is 6.42. The lowest BCUT2D eigenvalue weighted by molar-refractivity contribution is -0.116. The van der Waals surface area contributed by atoms with E-state index in [0.717, 1.165) is 18.7 Å². The molecule has 0 aromatic carbocycles. The predicted octanol–water partition coefficient (Wildman–Crippen LogP) is 1.49. The Kier molecular flexibility index (Phi) is 5.32. The Morgan fingerprint density at radius 3 is 2.47 bits per heavy atom. The van der Waals surface area contributed by atoms with Gasteiger partial charge >= 0.3 is 0 Å². The first-order valence-electron chi connectivity index (χ1n) is 5.08. The zero-order valence-corrected chi connectivity index (χ0v) is 10.7. The third-order valence-corrected chi connectivity index (χ3v) is 2.65. The van der Waals surface area contributed by atoms with Crippen molar-refractivity contribution in [1.82, 2.24) is 10.6 Å². The van der Waals surface area contributed by atoms with Gasteiger partial charge in [-0.15, -0.1) is 12.4 Å². The van der Waals surface area contributed by atoms with E-state index < -0.39 is 0 Å². The number of carbonyl (C=O) groups is 1. The average molecular weight is 233 g/mol. The predicted molar refractivity (Wildman–Crippen MR) is 65.3 cm³/mol. The van der Waals surface area contributed by atoms with Crippen molar-refractivity contribution in [2.75, 3.05) is 13.1 Å². The topological polar surface area (TPSA) is 41.1 Å². The van der Waals surface area contributed by atoms with Crippen LogP contribution in [0.3, 0.4) is 0 Å². The Bertz CT molecular complexity index is 257. The Morgan fingerprint density at radius 2 is 2.13 bits per heavy atom. The van der Waals surface area contributed by atoms with Crippen molar-refractivity contribution in [3.63, 3.8) is 0 Å². The van der Waals surface area contributed by atoms with Gasteiger partial charge in [-0.05, 0) is 19.3 Å². The lowest BCUT2D eigenvalue weighted by atomic mass is 9.77. The molecule has 0 saturated carbocycles. The SMILES string of the molecule is CC(C)=CC(=O)NCC1NCC1(C)C.Cl. The van der Waals surface area contributed by atoms with Crippen molar-refractivity contribution in [3.8, 4) is 0 Å². The smallest absolute Gasteiger partial charge is 0.243 e. The Hall–Kier alpha value is -0.540. The van der Waals surface area contributed by atoms with E-state index in [1.807, 2.05) is 13.8 Å². The van der Waals surface area contributed by atoms with E-state index in [1.165, 1.54) is 0 Å². The molecule has 1 fully saturated rings. The van der Waals surface area contributed by atoms with E-state index in [0.29, 0.717) is 11.5 Å². The fourth-order valence-electron chi connectivity index (χ4n) is 1.52. The molecule has 4 heteroatoms. The molecule has 0 aliphatic carbocycles. The molecule has 0 bridgehead atoms. The van der Waals surface area contributed by atoms with Gasteiger partial charge in [0.05, 0.1) is 0 Å². The Labute approximate surface area is 98.1 Å². The minimum Gasteiger partial charge on any atom is -0.351 e. The van der Waals surface area contributed by atoms with Crippen LogP contribution in [0.15, 0.2) is 11.6 Å². The number of hydrogen-bond acceptors (Lipinski definition) is 2. The molecule has 1 unspecified atom stereocenters. The number of halogens is 1. The third kappa shape index (κ3) is 4.22. The molecule has 1 atom stereocenters. The summed E-state index contributed by atoms with van der Waals surface area (Å²) in [6.07, 6.45) is 1.63. The van der Waals surface area contributed by atoms with E-state index in [4.69, 9.17) is 0 Å². The van der Waals surface area contributed by atoms with Gasteiger partial charge in [-0.1, -0.05) is 19.4 Å². The molecule has 1 heterocycles. The van der Waals surface area contributed by atoms with E-state index in [1.54, 1.807) is 6.08 Å². The maximum absolute atomic E-state index is 11.3. The molecule has 0 radical (unpaired) electrons. The molecule has 3 nitrogen and oxygen atoms in total. The number of nitrogens with one attached hydrogen (secondary N) is 2. The van der Waals surface area contributed by atoms with E-state index >= 15 is 0 Å². The lowest BCUT2D eigenvalue weighted by Crippen LogP contribution is -2.63. The van der Waals surface area contributed by atoms with Crippen molar-refractivity contribution >= 4 is 18.3 Å². The van der Waals surface area contributed by atoms with Gasteiger partial charge in [-0.2, -0.15) is 0 Å². The quantitative estimate of drug-likeness (QED) is 0.724. The minimum atomic E-state index is 0. The first-order valence-corrected chi connectivity index (χ1v) is 5.08. The van der Waals surface area contributed by atoms with Gasteiger partial charge < -0.3 is 10.6 Å². The van der Waals surface area contributed by atoms with Gasteiger partial charge in [0.25, 0.3) is 0 Å². The number of carbonyl (C=O) groups excluding carboxylic acids is 1. The zero-order chi connectivity index (χ0) is 10.8. The maximum atomic E-state index is 11.3. The second kappa shape index (κ2) is 5.52. The number of rotatable bonds is 3. The molecular formula is C11H21ClN2O. The van der Waals surface area contributed by atoms with E-state index in [2.05, 4.69) is 24.5 Å². The lowest BCUT2D eigenvalue weighted by Gasteiger charge is -2.45. The largest absolute Gasteiger partial charge is 0.351 e. The average Bonchev–Trinajstić information content (AvgIpc) is 2.01. The fourth-order valence-corrected chi connectivity index (χ4v) is 1.52. The molecule has 0 aromatic heterocycles. The molecule has 1 aliphatic rings. The van der Waals surface area contributed by atoms with Crippen LogP contribution in [0.2, 0.25) is 0 Å². The van der Waals surface area contributed by atoms with E-state index in [-0.39, 0.29) is 18.3 Å². The second-order valence-corrected chi connectivity index (χ2v) is 4.89. The summed E-state index contributed by atoms with van der Waals surface area (Å²) in [7, 11) is 0. The Balaban J connectivity index is 0.00000196. The molecule has 88 valence electrons. The molecule has 15 heavy (non-hydrogen) atoms. The molecule has 2 N–H and O–H groups in total. The van der Waals surface area contributed by atoms with Crippen LogP contribution in [0, 0.1) is 5.41 Å². The monoisotopic (exact) mass is 232 g/mol. The van der Waals surface area contributed by atoms with Crippen molar-refractivity contribution in [2.24, 2.45) is 5.41 Å². The summed E-state index contributed by atoms with van der Waals surface area (Å²) < 4.78 is 0. The van der Waals surface area contributed by atoms with Crippen LogP contribution < -0.4 is 10.6 Å². The van der Waals surface area contributed by atoms with Crippen LogP contribution >= 0.6 is 12.4 Å². The first kappa shape index (κ1) is 14.5. The van der Waals surface area contributed by atoms with Gasteiger partial charge in [0.15, 0.2) is 0 Å². The minimum absolute atomic E-state index is 0. The van der Waals surface area contributed by atoms with Crippen LogP contribution in [0.25, 0.3) is 0 Å². The highest BCUT2D eigenvalue weighted by atomic mass is 35.5. The van der Waals surface area contributed by atoms with Crippen molar-refractivity contribution in [3.05, 3.63) is 11.6 Å². The molecular weight excluding hydrogens is 212 g/mol. The van der Waals surface area contributed by atoms with Crippen LogP contribution in [0.4, 0.5) is 0 Å². The van der Waals surface area contributed by atoms with Crippen molar-refractivity contribution < 1.29 is 4.79 Å². The summed E-state index contributed by atoms with van der Waals surface area (Å²) in [6, 6.07) is 0.414. The molecule has 0 aromatic rings. The maximum Gasteiger partial charge on any atom is 0.243 e. The fraction of sp³-hybridized carbons (Fsp3) is 0.727. The Morgan fingerprint density at radius 1 is 1.53 bits per heavy atom. The molecule has 1 amide bonds. The summed E-state index contributed by atoms with van der Waals surface area (Å²) >= 11 is 0. The summed E-state index contributed by atoms with van der Waals surface area (Å²) in [5, 5.41) is 6.20. The van der Waals surface area contributed by atoms with Crippen molar-refractivity contribution in [2.45, 2.75) is 33.7 Å². The summed E-state index contributed by atoms with van der Waals surface area (Å²) in [6.45, 7) is 10.0. The highest BCUT2D eigenvalue weighted by Crippen LogP contribution is 2.26. The van der Waals surface area contributed by atoms with Crippen molar-refractivity contribution in [1.29, 1.82) is 0 Å². The molecule has 1 rings (SSSR count). The molecule has 0 spiro atoms. The summed E-state index contributed by atoms with van der Waals surface area (Å²) in [5.74, 6) is 0.00880. The number of amides is 1. The standard InChI is InChI=1S/C11H20N2O.ClH/c1-8(2)5-10(14)12-6-9-11(3,4)7-13-9;/h5,9,13H,6-7H2,1-4H3,(H,12,14);1H. The number of hydrogen-bond donors (Lipinski definition) is 2. The van der Waals surface area contributed by atoms with Gasteiger partial charge in [0, 0.05) is 25.2 Å². The number of allylic oxidation sites excluding steroid dienone is 1. The van der Waals surface area contributed by atoms with Gasteiger partial charge in [-0.3, -0.25) is 4.79 Å². The highest BCUT2D eigenvalue weighted by Gasteiger charge is 2.37. The van der Waals surface area contributed by atoms with Crippen LogP contribution in [0.1, 0.15) is 27.7 Å².